The molecule has 1 aromatic carbocycles. The Morgan fingerprint density at radius 2 is 2.10 bits per heavy atom. The number of pyridine rings is 1. The highest BCUT2D eigenvalue weighted by Gasteiger charge is 2.37. The second kappa shape index (κ2) is 7.19. The molecule has 1 aliphatic heterocycles. The lowest BCUT2D eigenvalue weighted by molar-refractivity contribution is -0.0426. The summed E-state index contributed by atoms with van der Waals surface area (Å²) in [7, 11) is 0. The maximum absolute atomic E-state index is 12.4. The van der Waals surface area contributed by atoms with Crippen LogP contribution in [0.15, 0.2) is 46.3 Å². The van der Waals surface area contributed by atoms with Crippen LogP contribution in [0.1, 0.15) is 12.6 Å². The van der Waals surface area contributed by atoms with Gasteiger partial charge in [0.25, 0.3) is 5.56 Å². The average Bonchev–Trinajstić information content (AvgIpc) is 3.30. The summed E-state index contributed by atoms with van der Waals surface area (Å²) in [6, 6.07) is 8.70. The minimum Gasteiger partial charge on any atom is -0.428 e. The van der Waals surface area contributed by atoms with E-state index in [4.69, 9.17) is 10.5 Å². The number of benzene rings is 1. The number of nitrogens with one attached hydrogen (secondary N) is 1. The van der Waals surface area contributed by atoms with Crippen molar-refractivity contribution in [2.24, 2.45) is 4.99 Å². The highest BCUT2D eigenvalue weighted by Crippen LogP contribution is 2.34. The molecule has 5 rings (SSSR count). The van der Waals surface area contributed by atoms with E-state index in [0.717, 1.165) is 4.73 Å². The first-order valence-corrected chi connectivity index (χ1v) is 9.52. The topological polar surface area (TPSA) is 177 Å². The number of hydrogen-bond donors (Lipinski definition) is 5. The zero-order valence-electron chi connectivity index (χ0n) is 16.1. The average molecular weight is 425 g/mol. The number of ether oxygens (including phenoxy) is 1. The number of rotatable bonds is 3. The van der Waals surface area contributed by atoms with Crippen molar-refractivity contribution in [3.8, 4) is 0 Å². The maximum atomic E-state index is 12.4. The first kappa shape index (κ1) is 19.2. The van der Waals surface area contributed by atoms with Gasteiger partial charge in [-0.2, -0.15) is 9.71 Å². The molecule has 4 aromatic rings. The summed E-state index contributed by atoms with van der Waals surface area (Å²) in [5.41, 5.74) is 5.87. The van der Waals surface area contributed by atoms with Crippen LogP contribution in [0.25, 0.3) is 22.1 Å². The third-order valence-electron chi connectivity index (χ3n) is 5.24. The Bertz CT molecular complexity index is 1420. The lowest BCUT2D eigenvalue weighted by atomic mass is 10.2. The monoisotopic (exact) mass is 425 g/mol. The highest BCUT2D eigenvalue weighted by molar-refractivity contribution is 5.78. The zero-order chi connectivity index (χ0) is 21.7. The van der Waals surface area contributed by atoms with E-state index >= 15 is 0 Å². The van der Waals surface area contributed by atoms with Gasteiger partial charge in [-0.3, -0.25) is 14.3 Å². The second-order valence-electron chi connectivity index (χ2n) is 7.19. The molecule has 0 aliphatic carbocycles. The van der Waals surface area contributed by atoms with Gasteiger partial charge in [-0.15, -0.1) is 0 Å². The Kier molecular flexibility index (Phi) is 4.46. The number of aromatic nitrogens is 5. The van der Waals surface area contributed by atoms with Crippen LogP contribution in [0, 0.1) is 0 Å². The number of nitrogen functional groups attached to an aromatic ring is 1. The molecule has 0 unspecified atom stereocenters. The third-order valence-corrected chi connectivity index (χ3v) is 5.24. The summed E-state index contributed by atoms with van der Waals surface area (Å²) >= 11 is 0. The molecule has 1 aliphatic rings. The Hall–Kier alpha value is -3.74. The van der Waals surface area contributed by atoms with Crippen LogP contribution in [0.3, 0.4) is 0 Å². The molecule has 12 nitrogen and oxygen atoms in total. The van der Waals surface area contributed by atoms with Crippen LogP contribution in [-0.2, 0) is 4.74 Å². The van der Waals surface area contributed by atoms with Crippen LogP contribution in [0.4, 0.5) is 11.9 Å². The standard InChI is InChI=1S/C19H19N7O5/c20-18-23-16-15(17(29)24-18)22-19(26(16)14-7-12(28)13(8-27)31-14)21-10-5-6-25(30)11-4-2-1-3-9(10)11/h1-6,12-14,27-28,30H,7-8H2,(H3,20,23,24,29)/t12-,13+,14+/m0/s1. The molecule has 12 heteroatoms. The molecule has 160 valence electrons. The fraction of sp³-hybridized carbons (Fsp3) is 0.263. The van der Waals surface area contributed by atoms with Gasteiger partial charge in [0.2, 0.25) is 11.9 Å². The number of nitrogens with zero attached hydrogens (tertiary/aromatic N) is 5. The lowest BCUT2D eigenvalue weighted by Gasteiger charge is -2.15. The number of para-hydroxylation sites is 1. The van der Waals surface area contributed by atoms with E-state index in [9.17, 15) is 20.2 Å². The number of nitrogens with two attached hydrogens (primary N) is 1. The summed E-state index contributed by atoms with van der Waals surface area (Å²) in [6.45, 7) is -0.368. The van der Waals surface area contributed by atoms with Crippen LogP contribution < -0.4 is 16.7 Å². The molecular weight excluding hydrogens is 406 g/mol. The van der Waals surface area contributed by atoms with Gasteiger partial charge in [0, 0.05) is 18.0 Å². The molecule has 3 aromatic heterocycles. The molecule has 4 heterocycles. The lowest BCUT2D eigenvalue weighted by Crippen LogP contribution is -2.24. The van der Waals surface area contributed by atoms with E-state index in [1.54, 1.807) is 30.3 Å². The zero-order valence-corrected chi connectivity index (χ0v) is 16.1. The smallest absolute Gasteiger partial charge is 0.280 e. The van der Waals surface area contributed by atoms with Crippen molar-refractivity contribution in [2.75, 3.05) is 12.3 Å². The van der Waals surface area contributed by atoms with E-state index in [1.807, 2.05) is 0 Å². The van der Waals surface area contributed by atoms with Gasteiger partial charge >= 0.3 is 0 Å². The first-order chi connectivity index (χ1) is 15.0. The van der Waals surface area contributed by atoms with Gasteiger partial charge in [0.15, 0.2) is 11.2 Å². The number of hydrogen-bond acceptors (Lipinski definition) is 9. The predicted octanol–water partition coefficient (Wildman–Crippen LogP) is -0.233. The van der Waals surface area contributed by atoms with Gasteiger partial charge in [0.05, 0.1) is 23.6 Å². The number of imidazole rings is 1. The van der Waals surface area contributed by atoms with Gasteiger partial charge in [0.1, 0.15) is 12.3 Å². The largest absolute Gasteiger partial charge is 0.428 e. The molecule has 0 amide bonds. The Morgan fingerprint density at radius 3 is 2.87 bits per heavy atom. The minimum absolute atomic E-state index is 0.0101. The van der Waals surface area contributed by atoms with Gasteiger partial charge in [-0.05, 0) is 12.1 Å². The van der Waals surface area contributed by atoms with Crippen LogP contribution >= 0.6 is 0 Å². The summed E-state index contributed by atoms with van der Waals surface area (Å²) in [6.07, 6.45) is -0.900. The maximum Gasteiger partial charge on any atom is 0.280 e. The van der Waals surface area contributed by atoms with Crippen molar-refractivity contribution in [1.29, 1.82) is 0 Å². The van der Waals surface area contributed by atoms with Crippen LogP contribution in [0.5, 0.6) is 0 Å². The van der Waals surface area contributed by atoms with Crippen molar-refractivity contribution in [3.63, 3.8) is 0 Å². The number of aliphatic hydroxyl groups excluding tert-OH is 2. The van der Waals surface area contributed by atoms with E-state index in [2.05, 4.69) is 19.9 Å². The number of aromatic amines is 1. The molecule has 1 fully saturated rings. The highest BCUT2D eigenvalue weighted by atomic mass is 16.5. The molecule has 1 saturated heterocycles. The van der Waals surface area contributed by atoms with E-state index < -0.39 is 24.0 Å². The Balaban J connectivity index is 1.79. The van der Waals surface area contributed by atoms with E-state index in [-0.39, 0.29) is 36.1 Å². The normalized spacial score (nSPS) is 22.0. The van der Waals surface area contributed by atoms with Crippen LogP contribution in [0.2, 0.25) is 0 Å². The molecule has 6 N–H and O–H groups in total. The van der Waals surface area contributed by atoms with E-state index in [0.29, 0.717) is 16.3 Å². The minimum atomic E-state index is -0.912. The summed E-state index contributed by atoms with van der Waals surface area (Å²) in [5, 5.41) is 30.9. The van der Waals surface area contributed by atoms with Crippen LogP contribution in [-0.4, -0.2) is 58.5 Å². The number of H-pyrrole nitrogens is 1. The van der Waals surface area contributed by atoms with E-state index in [1.165, 1.54) is 10.8 Å². The van der Waals surface area contributed by atoms with Crippen molar-refractivity contribution in [3.05, 3.63) is 52.2 Å². The summed E-state index contributed by atoms with van der Waals surface area (Å²) in [5.74, 6) is 0.00386. The Labute approximate surface area is 173 Å². The molecule has 0 spiro atoms. The molecule has 0 saturated carbocycles. The predicted molar refractivity (Wildman–Crippen MR) is 109 cm³/mol. The third kappa shape index (κ3) is 3.13. The van der Waals surface area contributed by atoms with Crippen molar-refractivity contribution in [1.82, 2.24) is 24.2 Å². The molecular formula is C19H19N7O5. The molecule has 31 heavy (non-hydrogen) atoms. The number of fused-ring (bicyclic) bond motifs is 2. The van der Waals surface area contributed by atoms with Gasteiger partial charge in [-0.1, -0.05) is 18.2 Å². The van der Waals surface area contributed by atoms with Gasteiger partial charge < -0.3 is 25.9 Å². The quantitative estimate of drug-likeness (QED) is 0.279. The first-order valence-electron chi connectivity index (χ1n) is 9.52. The summed E-state index contributed by atoms with van der Waals surface area (Å²) < 4.78 is 8.23. The van der Waals surface area contributed by atoms with Crippen molar-refractivity contribution >= 4 is 34.0 Å². The number of aliphatic hydroxyl groups is 2. The van der Waals surface area contributed by atoms with Crippen molar-refractivity contribution in [2.45, 2.75) is 24.9 Å². The SMILES string of the molecule is Nc1nc2c(nc(N=c3ccn(O)c4ccccc34)n2[C@H]2C[C@H](O)[C@@H](CO)O2)c(=O)[nH]1. The summed E-state index contributed by atoms with van der Waals surface area (Å²) in [4.78, 5) is 28.0. The fourth-order valence-corrected chi connectivity index (χ4v) is 3.78. The Morgan fingerprint density at radius 1 is 1.29 bits per heavy atom. The van der Waals surface area contributed by atoms with Crippen molar-refractivity contribution < 1.29 is 20.2 Å². The second-order valence-corrected chi connectivity index (χ2v) is 7.19. The molecule has 0 radical (unpaired) electrons. The van der Waals surface area contributed by atoms with Gasteiger partial charge in [-0.25, -0.2) is 9.98 Å². The number of anilines is 1. The fourth-order valence-electron chi connectivity index (χ4n) is 3.78. The molecule has 3 atom stereocenters. The molecule has 0 bridgehead atoms.